The van der Waals surface area contributed by atoms with Crippen LogP contribution in [-0.2, 0) is 6.42 Å². The lowest BCUT2D eigenvalue weighted by Crippen LogP contribution is -2.08. The summed E-state index contributed by atoms with van der Waals surface area (Å²) in [6, 6.07) is 16.8. The molecule has 0 aliphatic rings. The van der Waals surface area contributed by atoms with Crippen molar-refractivity contribution in [1.29, 1.82) is 0 Å². The first kappa shape index (κ1) is 12.8. The van der Waals surface area contributed by atoms with E-state index >= 15 is 0 Å². The number of rotatable bonds is 4. The van der Waals surface area contributed by atoms with Gasteiger partial charge in [-0.3, -0.25) is 0 Å². The van der Waals surface area contributed by atoms with Gasteiger partial charge in [-0.25, -0.2) is 0 Å². The molecule has 1 atom stereocenters. The lowest BCUT2D eigenvalue weighted by Gasteiger charge is -2.15. The van der Waals surface area contributed by atoms with E-state index in [0.29, 0.717) is 0 Å². The Morgan fingerprint density at radius 2 is 1.56 bits per heavy atom. The average molecular weight is 240 g/mol. The van der Waals surface area contributed by atoms with E-state index in [0.717, 1.165) is 6.42 Å². The summed E-state index contributed by atoms with van der Waals surface area (Å²) in [5, 5.41) is 9.58. The van der Waals surface area contributed by atoms with Gasteiger partial charge in [-0.15, -0.1) is 0 Å². The van der Waals surface area contributed by atoms with Gasteiger partial charge in [-0.1, -0.05) is 59.7 Å². The molecule has 0 bridgehead atoms. The number of aryl methyl sites for hydroxylation is 2. The van der Waals surface area contributed by atoms with Crippen LogP contribution in [0, 0.1) is 13.8 Å². The van der Waals surface area contributed by atoms with Gasteiger partial charge in [0.2, 0.25) is 0 Å². The maximum Gasteiger partial charge on any atom is 0.0502 e. The third-order valence-corrected chi connectivity index (χ3v) is 3.25. The molecule has 0 saturated heterocycles. The van der Waals surface area contributed by atoms with Crippen LogP contribution < -0.4 is 0 Å². The van der Waals surface area contributed by atoms with Crippen LogP contribution in [0.5, 0.6) is 0 Å². The molecule has 2 aromatic carbocycles. The van der Waals surface area contributed by atoms with Gasteiger partial charge in [-0.2, -0.15) is 0 Å². The van der Waals surface area contributed by atoms with E-state index in [1.807, 2.05) is 18.2 Å². The molecule has 2 aromatic rings. The van der Waals surface area contributed by atoms with Gasteiger partial charge in [-0.05, 0) is 31.4 Å². The van der Waals surface area contributed by atoms with Crippen LogP contribution in [0.1, 0.15) is 28.2 Å². The first-order valence-corrected chi connectivity index (χ1v) is 6.42. The van der Waals surface area contributed by atoms with Crippen LogP contribution in [0.4, 0.5) is 0 Å². The summed E-state index contributed by atoms with van der Waals surface area (Å²) in [6.45, 7) is 4.43. The molecule has 1 N–H and O–H groups in total. The molecule has 0 aliphatic heterocycles. The highest BCUT2D eigenvalue weighted by molar-refractivity contribution is 5.31. The zero-order valence-corrected chi connectivity index (χ0v) is 11.1. The lowest BCUT2D eigenvalue weighted by molar-refractivity contribution is 0.264. The van der Waals surface area contributed by atoms with Gasteiger partial charge in [0.15, 0.2) is 0 Å². The Morgan fingerprint density at radius 3 is 2.11 bits per heavy atom. The fourth-order valence-electron chi connectivity index (χ4n) is 2.48. The Hall–Kier alpha value is -1.60. The van der Waals surface area contributed by atoms with Crippen LogP contribution >= 0.6 is 0 Å². The van der Waals surface area contributed by atoms with Crippen molar-refractivity contribution in [2.45, 2.75) is 26.2 Å². The van der Waals surface area contributed by atoms with Gasteiger partial charge in [0, 0.05) is 5.92 Å². The first-order valence-electron chi connectivity index (χ1n) is 6.42. The molecule has 0 saturated carbocycles. The van der Waals surface area contributed by atoms with Crippen LogP contribution in [-0.4, -0.2) is 11.7 Å². The van der Waals surface area contributed by atoms with E-state index in [9.17, 15) is 5.11 Å². The second kappa shape index (κ2) is 5.83. The monoisotopic (exact) mass is 240 g/mol. The Bertz CT molecular complexity index is 482. The summed E-state index contributed by atoms with van der Waals surface area (Å²) < 4.78 is 0. The molecule has 0 spiro atoms. The fraction of sp³-hybridized carbons (Fsp3) is 0.294. The number of hydrogen-bond donors (Lipinski definition) is 1. The highest BCUT2D eigenvalue weighted by atomic mass is 16.3. The van der Waals surface area contributed by atoms with Crippen molar-refractivity contribution >= 4 is 0 Å². The third kappa shape index (κ3) is 3.21. The van der Waals surface area contributed by atoms with E-state index < -0.39 is 0 Å². The number of benzene rings is 2. The summed E-state index contributed by atoms with van der Waals surface area (Å²) in [7, 11) is 0. The second-order valence-electron chi connectivity index (χ2n) is 4.99. The minimum Gasteiger partial charge on any atom is -0.396 e. The molecular formula is C17H20O. The molecule has 94 valence electrons. The summed E-state index contributed by atoms with van der Waals surface area (Å²) >= 11 is 0. The summed E-state index contributed by atoms with van der Waals surface area (Å²) in [5.41, 5.74) is 5.08. The molecular weight excluding hydrogens is 220 g/mol. The predicted molar refractivity (Wildman–Crippen MR) is 75.9 cm³/mol. The van der Waals surface area contributed by atoms with E-state index in [4.69, 9.17) is 0 Å². The molecule has 0 fully saturated rings. The van der Waals surface area contributed by atoms with E-state index in [-0.39, 0.29) is 12.5 Å². The normalized spacial score (nSPS) is 12.4. The van der Waals surface area contributed by atoms with Crippen LogP contribution in [0.25, 0.3) is 0 Å². The molecule has 1 nitrogen and oxygen atoms in total. The van der Waals surface area contributed by atoms with Crippen LogP contribution in [0.2, 0.25) is 0 Å². The summed E-state index contributed by atoms with van der Waals surface area (Å²) in [6.07, 6.45) is 0.892. The number of aliphatic hydroxyl groups is 1. The minimum absolute atomic E-state index is 0.187. The van der Waals surface area contributed by atoms with Gasteiger partial charge in [0.25, 0.3) is 0 Å². The van der Waals surface area contributed by atoms with Crippen molar-refractivity contribution < 1.29 is 5.11 Å². The number of aliphatic hydroxyl groups excluding tert-OH is 1. The van der Waals surface area contributed by atoms with E-state index in [2.05, 4.69) is 44.2 Å². The average Bonchev–Trinajstić information content (AvgIpc) is 2.36. The van der Waals surface area contributed by atoms with Crippen molar-refractivity contribution in [2.75, 3.05) is 6.61 Å². The molecule has 0 aromatic heterocycles. The zero-order valence-electron chi connectivity index (χ0n) is 11.1. The Balaban J connectivity index is 2.20. The van der Waals surface area contributed by atoms with E-state index in [1.54, 1.807) is 0 Å². The van der Waals surface area contributed by atoms with E-state index in [1.165, 1.54) is 22.3 Å². The topological polar surface area (TPSA) is 20.2 Å². The molecule has 0 aliphatic carbocycles. The molecule has 0 heterocycles. The fourth-order valence-corrected chi connectivity index (χ4v) is 2.48. The van der Waals surface area contributed by atoms with Gasteiger partial charge in [0.1, 0.15) is 0 Å². The third-order valence-electron chi connectivity index (χ3n) is 3.25. The van der Waals surface area contributed by atoms with Gasteiger partial charge in [0.05, 0.1) is 6.61 Å². The zero-order chi connectivity index (χ0) is 13.0. The van der Waals surface area contributed by atoms with Gasteiger partial charge < -0.3 is 5.11 Å². The molecule has 0 radical (unpaired) electrons. The Labute approximate surface area is 109 Å². The number of hydrogen-bond acceptors (Lipinski definition) is 1. The Kier molecular flexibility index (Phi) is 4.16. The SMILES string of the molecule is Cc1cc(C)cc(CC(CO)c2ccccc2)c1. The van der Waals surface area contributed by atoms with Crippen molar-refractivity contribution in [3.8, 4) is 0 Å². The van der Waals surface area contributed by atoms with Crippen molar-refractivity contribution in [2.24, 2.45) is 0 Å². The summed E-state index contributed by atoms with van der Waals surface area (Å²) in [4.78, 5) is 0. The maximum absolute atomic E-state index is 9.58. The molecule has 2 rings (SSSR count). The smallest absolute Gasteiger partial charge is 0.0502 e. The first-order chi connectivity index (χ1) is 8.69. The highest BCUT2D eigenvalue weighted by Crippen LogP contribution is 2.21. The largest absolute Gasteiger partial charge is 0.396 e. The quantitative estimate of drug-likeness (QED) is 0.865. The van der Waals surface area contributed by atoms with Crippen molar-refractivity contribution in [1.82, 2.24) is 0 Å². The molecule has 0 amide bonds. The maximum atomic E-state index is 9.58. The predicted octanol–water partition coefficient (Wildman–Crippen LogP) is 3.62. The lowest BCUT2D eigenvalue weighted by atomic mass is 9.91. The second-order valence-corrected chi connectivity index (χ2v) is 4.99. The Morgan fingerprint density at radius 1 is 0.944 bits per heavy atom. The van der Waals surface area contributed by atoms with Crippen molar-refractivity contribution in [3.63, 3.8) is 0 Å². The van der Waals surface area contributed by atoms with Crippen LogP contribution in [0.15, 0.2) is 48.5 Å². The highest BCUT2D eigenvalue weighted by Gasteiger charge is 2.11. The molecule has 1 heteroatoms. The standard InChI is InChI=1S/C17H20O/c1-13-8-14(2)10-15(9-13)11-17(12-18)16-6-4-3-5-7-16/h3-10,17-18H,11-12H2,1-2H3. The molecule has 1 unspecified atom stereocenters. The van der Waals surface area contributed by atoms with Crippen LogP contribution in [0.3, 0.4) is 0 Å². The van der Waals surface area contributed by atoms with Crippen molar-refractivity contribution in [3.05, 3.63) is 70.8 Å². The minimum atomic E-state index is 0.187. The summed E-state index contributed by atoms with van der Waals surface area (Å²) in [5.74, 6) is 0.187. The van der Waals surface area contributed by atoms with Gasteiger partial charge >= 0.3 is 0 Å². The molecule has 18 heavy (non-hydrogen) atoms.